The smallest absolute Gasteiger partial charge is 0.240 e. The molecule has 2 aliphatic heterocycles. The predicted octanol–water partition coefficient (Wildman–Crippen LogP) is 3.65. The highest BCUT2D eigenvalue weighted by Crippen LogP contribution is 2.31. The van der Waals surface area contributed by atoms with Gasteiger partial charge in [0, 0.05) is 49.4 Å². The number of likely N-dealkylation sites (tertiary alicyclic amines) is 1. The van der Waals surface area contributed by atoms with Crippen molar-refractivity contribution in [1.82, 2.24) is 14.6 Å². The molecular weight excluding hydrogens is 438 g/mol. The minimum Gasteiger partial charge on any atom is -0.356 e. The van der Waals surface area contributed by atoms with Crippen LogP contribution in [0, 0.1) is 5.92 Å². The first-order valence-electron chi connectivity index (χ1n) is 11.6. The summed E-state index contributed by atoms with van der Waals surface area (Å²) >= 11 is 0. The van der Waals surface area contributed by atoms with Crippen LogP contribution < -0.4 is 9.62 Å². The van der Waals surface area contributed by atoms with Crippen molar-refractivity contribution in [3.8, 4) is 11.1 Å². The van der Waals surface area contributed by atoms with Gasteiger partial charge in [0.2, 0.25) is 10.0 Å². The van der Waals surface area contributed by atoms with Crippen molar-refractivity contribution in [1.29, 1.82) is 0 Å². The second kappa shape index (κ2) is 11.0. The zero-order valence-corrected chi connectivity index (χ0v) is 19.6. The van der Waals surface area contributed by atoms with Gasteiger partial charge in [-0.3, -0.25) is 0 Å². The number of pyridine rings is 1. The zero-order chi connectivity index (χ0) is 23.1. The van der Waals surface area contributed by atoms with Gasteiger partial charge in [-0.05, 0) is 80.1 Å². The van der Waals surface area contributed by atoms with E-state index in [1.54, 1.807) is 12.1 Å². The summed E-state index contributed by atoms with van der Waals surface area (Å²) in [5.74, 6) is 1.39. The number of hydrogen-bond acceptors (Lipinski definition) is 6. The fourth-order valence-corrected chi connectivity index (χ4v) is 5.60. The molecule has 176 valence electrons. The Bertz CT molecular complexity index is 1070. The highest BCUT2D eigenvalue weighted by Gasteiger charge is 2.21. The van der Waals surface area contributed by atoms with Crippen LogP contribution >= 0.6 is 0 Å². The highest BCUT2D eigenvalue weighted by atomic mass is 32.2. The molecule has 2 aromatic rings. The molecule has 0 spiro atoms. The van der Waals surface area contributed by atoms with E-state index in [0.29, 0.717) is 25.6 Å². The largest absolute Gasteiger partial charge is 0.356 e. The van der Waals surface area contributed by atoms with Gasteiger partial charge in [0.05, 0.1) is 4.90 Å². The van der Waals surface area contributed by atoms with Crippen LogP contribution in [-0.4, -0.2) is 64.1 Å². The lowest BCUT2D eigenvalue weighted by Crippen LogP contribution is -2.40. The molecule has 0 saturated carbocycles. The monoisotopic (exact) mass is 469 g/mol. The van der Waals surface area contributed by atoms with Gasteiger partial charge in [-0.25, -0.2) is 18.1 Å². The summed E-state index contributed by atoms with van der Waals surface area (Å²) in [5.41, 5.74) is 10.4. The topological polar surface area (TPSA) is 114 Å². The van der Waals surface area contributed by atoms with Gasteiger partial charge < -0.3 is 9.80 Å². The quantitative estimate of drug-likeness (QED) is 0.342. The van der Waals surface area contributed by atoms with Crippen LogP contribution in [0.2, 0.25) is 0 Å². The van der Waals surface area contributed by atoms with Gasteiger partial charge in [-0.1, -0.05) is 17.2 Å². The number of aromatic nitrogens is 1. The van der Waals surface area contributed by atoms with Gasteiger partial charge in [-0.15, -0.1) is 0 Å². The molecule has 4 rings (SSSR count). The van der Waals surface area contributed by atoms with Gasteiger partial charge in [-0.2, -0.15) is 0 Å². The van der Waals surface area contributed by atoms with Crippen molar-refractivity contribution in [2.45, 2.75) is 30.6 Å². The summed E-state index contributed by atoms with van der Waals surface area (Å²) in [5, 5.41) is 3.66. The van der Waals surface area contributed by atoms with Gasteiger partial charge >= 0.3 is 0 Å². The number of benzene rings is 1. The summed E-state index contributed by atoms with van der Waals surface area (Å²) in [6.45, 7) is 5.38. The number of rotatable bonds is 9. The molecule has 9 nitrogen and oxygen atoms in total. The Hall–Kier alpha value is -2.65. The Labute approximate surface area is 195 Å². The van der Waals surface area contributed by atoms with Crippen molar-refractivity contribution in [3.05, 3.63) is 53.0 Å². The molecule has 2 aliphatic rings. The Kier molecular flexibility index (Phi) is 7.82. The van der Waals surface area contributed by atoms with E-state index < -0.39 is 10.0 Å². The average Bonchev–Trinajstić information content (AvgIpc) is 3.38. The number of nitrogens with one attached hydrogen (secondary N) is 1. The average molecular weight is 470 g/mol. The molecule has 0 amide bonds. The third-order valence-electron chi connectivity index (χ3n) is 6.50. The number of azide groups is 1. The van der Waals surface area contributed by atoms with E-state index in [4.69, 9.17) is 5.53 Å². The molecule has 3 heterocycles. The normalized spacial score (nSPS) is 17.8. The van der Waals surface area contributed by atoms with Crippen molar-refractivity contribution in [2.24, 2.45) is 11.0 Å². The van der Waals surface area contributed by atoms with Crippen molar-refractivity contribution < 1.29 is 8.42 Å². The van der Waals surface area contributed by atoms with E-state index >= 15 is 0 Å². The Morgan fingerprint density at radius 2 is 1.82 bits per heavy atom. The highest BCUT2D eigenvalue weighted by molar-refractivity contribution is 7.89. The molecule has 1 N–H and O–H groups in total. The van der Waals surface area contributed by atoms with E-state index in [2.05, 4.69) is 29.5 Å². The molecule has 10 heteroatoms. The molecule has 2 saturated heterocycles. The molecule has 0 aliphatic carbocycles. The van der Waals surface area contributed by atoms with Crippen LogP contribution in [0.4, 0.5) is 5.82 Å². The first kappa shape index (κ1) is 23.5. The number of nitrogens with zero attached hydrogens (tertiary/aromatic N) is 6. The van der Waals surface area contributed by atoms with Crippen LogP contribution in [0.15, 0.2) is 52.6 Å². The Balaban J connectivity index is 1.33. The third-order valence-corrected chi connectivity index (χ3v) is 7.98. The van der Waals surface area contributed by atoms with Crippen molar-refractivity contribution >= 4 is 15.8 Å². The molecule has 0 bridgehead atoms. The lowest BCUT2D eigenvalue weighted by molar-refractivity contribution is 0.190. The summed E-state index contributed by atoms with van der Waals surface area (Å²) in [6.07, 6.45) is 6.10. The SMILES string of the molecule is [N-]=[N+]=NCC1CCN(CCNS(=O)(=O)c2ccc(-c3cccnc3N3CCCC3)cc2)CC1. The molecular formula is C23H31N7O2S. The number of sulfonamides is 1. The van der Waals surface area contributed by atoms with Crippen molar-refractivity contribution in [2.75, 3.05) is 50.7 Å². The van der Waals surface area contributed by atoms with Crippen LogP contribution in [0.1, 0.15) is 25.7 Å². The second-order valence-electron chi connectivity index (χ2n) is 8.69. The molecule has 1 aromatic heterocycles. The molecule has 0 atom stereocenters. The van der Waals surface area contributed by atoms with Crippen LogP contribution in [-0.2, 0) is 10.0 Å². The van der Waals surface area contributed by atoms with Crippen LogP contribution in [0.3, 0.4) is 0 Å². The lowest BCUT2D eigenvalue weighted by atomic mass is 9.97. The Morgan fingerprint density at radius 1 is 1.09 bits per heavy atom. The molecule has 0 radical (unpaired) electrons. The summed E-state index contributed by atoms with van der Waals surface area (Å²) in [6, 6.07) is 11.0. The van der Waals surface area contributed by atoms with E-state index in [1.165, 1.54) is 12.8 Å². The number of hydrogen-bond donors (Lipinski definition) is 1. The fraction of sp³-hybridized carbons (Fsp3) is 0.522. The summed E-state index contributed by atoms with van der Waals surface area (Å²) in [4.78, 5) is 12.2. The Morgan fingerprint density at radius 3 is 2.52 bits per heavy atom. The third kappa shape index (κ3) is 6.03. The second-order valence-corrected chi connectivity index (χ2v) is 10.5. The number of piperidine rings is 1. The summed E-state index contributed by atoms with van der Waals surface area (Å²) in [7, 11) is -3.57. The van der Waals surface area contributed by atoms with Gasteiger partial charge in [0.25, 0.3) is 0 Å². The molecule has 0 unspecified atom stereocenters. The maximum atomic E-state index is 12.8. The van der Waals surface area contributed by atoms with Gasteiger partial charge in [0.1, 0.15) is 5.82 Å². The maximum absolute atomic E-state index is 12.8. The summed E-state index contributed by atoms with van der Waals surface area (Å²) < 4.78 is 28.3. The predicted molar refractivity (Wildman–Crippen MR) is 129 cm³/mol. The minimum atomic E-state index is -3.57. The molecule has 33 heavy (non-hydrogen) atoms. The molecule has 2 fully saturated rings. The number of anilines is 1. The van der Waals surface area contributed by atoms with E-state index in [9.17, 15) is 8.42 Å². The maximum Gasteiger partial charge on any atom is 0.240 e. The lowest BCUT2D eigenvalue weighted by Gasteiger charge is -2.31. The fourth-order valence-electron chi connectivity index (χ4n) is 4.58. The standard InChI is InChI=1S/C23H31N7O2S/c24-28-26-18-19-9-15-29(16-10-19)17-12-27-33(31,32)21-7-5-20(6-8-21)22-4-3-11-25-23(22)30-13-1-2-14-30/h3-8,11,19,27H,1-2,9-10,12-18H2. The van der Waals surface area contributed by atoms with Gasteiger partial charge in [0.15, 0.2) is 0 Å². The van der Waals surface area contributed by atoms with Crippen molar-refractivity contribution in [3.63, 3.8) is 0 Å². The molecule has 1 aromatic carbocycles. The minimum absolute atomic E-state index is 0.269. The van der Waals surface area contributed by atoms with E-state index in [0.717, 1.165) is 56.0 Å². The zero-order valence-electron chi connectivity index (χ0n) is 18.8. The van der Waals surface area contributed by atoms with E-state index in [1.807, 2.05) is 30.5 Å². The van der Waals surface area contributed by atoms with Crippen LogP contribution in [0.25, 0.3) is 21.6 Å². The first-order chi connectivity index (χ1) is 16.1. The first-order valence-corrected chi connectivity index (χ1v) is 13.1. The van der Waals surface area contributed by atoms with E-state index in [-0.39, 0.29) is 4.90 Å². The van der Waals surface area contributed by atoms with Crippen LogP contribution in [0.5, 0.6) is 0 Å².